The highest BCUT2D eigenvalue weighted by Gasteiger charge is 2.32. The highest BCUT2D eigenvalue weighted by Crippen LogP contribution is 2.26. The maximum atomic E-state index is 12.2. The lowest BCUT2D eigenvalue weighted by Crippen LogP contribution is -2.38. The van der Waals surface area contributed by atoms with Crippen molar-refractivity contribution in [2.24, 2.45) is 0 Å². The zero-order valence-electron chi connectivity index (χ0n) is 10.8. The largest absolute Gasteiger partial charge is 0.395 e. The number of aliphatic hydroxyl groups excluding tert-OH is 1. The third-order valence-corrected chi connectivity index (χ3v) is 3.01. The van der Waals surface area contributed by atoms with E-state index in [1.807, 2.05) is 13.8 Å². The van der Waals surface area contributed by atoms with Crippen molar-refractivity contribution in [2.45, 2.75) is 45.2 Å². The van der Waals surface area contributed by atoms with Crippen molar-refractivity contribution in [1.29, 1.82) is 0 Å². The van der Waals surface area contributed by atoms with Crippen molar-refractivity contribution < 1.29 is 9.90 Å². The van der Waals surface area contributed by atoms with Gasteiger partial charge in [-0.25, -0.2) is 4.68 Å². The van der Waals surface area contributed by atoms with E-state index in [1.165, 1.54) is 0 Å². The van der Waals surface area contributed by atoms with E-state index < -0.39 is 0 Å². The second-order valence-corrected chi connectivity index (χ2v) is 4.89. The number of aromatic nitrogens is 4. The summed E-state index contributed by atoms with van der Waals surface area (Å²) in [5.41, 5.74) is 0. The molecule has 1 aliphatic rings. The highest BCUT2D eigenvalue weighted by atomic mass is 16.3. The minimum absolute atomic E-state index is 0.00507. The van der Waals surface area contributed by atoms with E-state index >= 15 is 0 Å². The summed E-state index contributed by atoms with van der Waals surface area (Å²) in [6.45, 7) is 4.51. The van der Waals surface area contributed by atoms with Crippen molar-refractivity contribution in [3.05, 3.63) is 5.82 Å². The SMILES string of the molecule is CC(C)c1nnnn1CC(=O)N(CCO)C1CC1. The van der Waals surface area contributed by atoms with Gasteiger partial charge >= 0.3 is 0 Å². The first-order valence-electron chi connectivity index (χ1n) is 6.30. The second-order valence-electron chi connectivity index (χ2n) is 4.89. The molecule has 0 bridgehead atoms. The fourth-order valence-electron chi connectivity index (χ4n) is 1.96. The number of hydrogen-bond acceptors (Lipinski definition) is 5. The third kappa shape index (κ3) is 2.84. The second kappa shape index (κ2) is 5.43. The van der Waals surface area contributed by atoms with Crippen molar-refractivity contribution in [2.75, 3.05) is 13.2 Å². The summed E-state index contributed by atoms with van der Waals surface area (Å²) >= 11 is 0. The molecule has 1 aliphatic carbocycles. The molecule has 100 valence electrons. The smallest absolute Gasteiger partial charge is 0.244 e. The van der Waals surface area contributed by atoms with Gasteiger partial charge in [0.05, 0.1) is 6.61 Å². The van der Waals surface area contributed by atoms with Crippen LogP contribution in [-0.2, 0) is 11.3 Å². The number of hydrogen-bond donors (Lipinski definition) is 1. The molecular weight excluding hydrogens is 234 g/mol. The molecule has 1 aromatic rings. The summed E-state index contributed by atoms with van der Waals surface area (Å²) < 4.78 is 1.54. The molecule has 0 aromatic carbocycles. The Labute approximate surface area is 106 Å². The molecule has 1 heterocycles. The van der Waals surface area contributed by atoms with Crippen LogP contribution in [0.5, 0.6) is 0 Å². The number of nitrogens with zero attached hydrogens (tertiary/aromatic N) is 5. The standard InChI is InChI=1S/C11H19N5O2/c1-8(2)11-12-13-14-16(11)7-10(18)15(5-6-17)9-3-4-9/h8-9,17H,3-7H2,1-2H3. The van der Waals surface area contributed by atoms with Gasteiger partial charge in [0.25, 0.3) is 0 Å². The van der Waals surface area contributed by atoms with Crippen LogP contribution in [0.15, 0.2) is 0 Å². The molecule has 1 aromatic heterocycles. The lowest BCUT2D eigenvalue weighted by atomic mass is 10.2. The first-order chi connectivity index (χ1) is 8.63. The predicted molar refractivity (Wildman–Crippen MR) is 63.7 cm³/mol. The Bertz CT molecular complexity index is 413. The maximum Gasteiger partial charge on any atom is 0.244 e. The molecule has 18 heavy (non-hydrogen) atoms. The van der Waals surface area contributed by atoms with Gasteiger partial charge < -0.3 is 10.0 Å². The lowest BCUT2D eigenvalue weighted by molar-refractivity contribution is -0.133. The van der Waals surface area contributed by atoms with E-state index in [0.29, 0.717) is 18.4 Å². The molecular formula is C11H19N5O2. The normalized spacial score (nSPS) is 15.1. The van der Waals surface area contributed by atoms with Crippen molar-refractivity contribution >= 4 is 5.91 Å². The van der Waals surface area contributed by atoms with Crippen LogP contribution in [0.4, 0.5) is 0 Å². The molecule has 0 saturated heterocycles. The fraction of sp³-hybridized carbons (Fsp3) is 0.818. The molecule has 1 N–H and O–H groups in total. The Morgan fingerprint density at radius 1 is 1.56 bits per heavy atom. The molecule has 7 nitrogen and oxygen atoms in total. The molecule has 0 aliphatic heterocycles. The van der Waals surface area contributed by atoms with Gasteiger partial charge in [0, 0.05) is 18.5 Å². The quantitative estimate of drug-likeness (QED) is 0.757. The zero-order chi connectivity index (χ0) is 13.1. The molecule has 0 spiro atoms. The maximum absolute atomic E-state index is 12.2. The molecule has 1 fully saturated rings. The molecule has 7 heteroatoms. The van der Waals surface area contributed by atoms with Gasteiger partial charge in [-0.15, -0.1) is 5.10 Å². The predicted octanol–water partition coefficient (Wildman–Crippen LogP) is -0.220. The Kier molecular flexibility index (Phi) is 3.90. The first kappa shape index (κ1) is 12.9. The Morgan fingerprint density at radius 3 is 2.83 bits per heavy atom. The van der Waals surface area contributed by atoms with E-state index in [4.69, 9.17) is 5.11 Å². The number of tetrazole rings is 1. The van der Waals surface area contributed by atoms with Gasteiger partial charge in [0.1, 0.15) is 6.54 Å². The van der Waals surface area contributed by atoms with E-state index in [0.717, 1.165) is 12.8 Å². The number of carbonyl (C=O) groups is 1. The summed E-state index contributed by atoms with van der Waals surface area (Å²) in [5, 5.41) is 20.4. The summed E-state index contributed by atoms with van der Waals surface area (Å²) in [6.07, 6.45) is 2.05. The monoisotopic (exact) mass is 253 g/mol. The number of rotatable bonds is 6. The summed E-state index contributed by atoms with van der Waals surface area (Å²) in [5.74, 6) is 0.865. The van der Waals surface area contributed by atoms with Crippen molar-refractivity contribution in [1.82, 2.24) is 25.1 Å². The summed E-state index contributed by atoms with van der Waals surface area (Å²) in [4.78, 5) is 13.9. The molecule has 0 unspecified atom stereocenters. The summed E-state index contributed by atoms with van der Waals surface area (Å²) in [6, 6.07) is 0.295. The number of aliphatic hydroxyl groups is 1. The van der Waals surface area contributed by atoms with Gasteiger partial charge in [-0.05, 0) is 23.3 Å². The fourth-order valence-corrected chi connectivity index (χ4v) is 1.96. The van der Waals surface area contributed by atoms with E-state index in [2.05, 4.69) is 15.5 Å². The number of carbonyl (C=O) groups excluding carboxylic acids is 1. The minimum Gasteiger partial charge on any atom is -0.395 e. The third-order valence-electron chi connectivity index (χ3n) is 3.01. The average Bonchev–Trinajstić information content (AvgIpc) is 3.05. The van der Waals surface area contributed by atoms with E-state index in [9.17, 15) is 4.79 Å². The Morgan fingerprint density at radius 2 is 2.28 bits per heavy atom. The van der Waals surface area contributed by atoms with E-state index in [1.54, 1.807) is 9.58 Å². The molecule has 2 rings (SSSR count). The van der Waals surface area contributed by atoms with Gasteiger partial charge in [-0.2, -0.15) is 0 Å². The zero-order valence-corrected chi connectivity index (χ0v) is 10.8. The van der Waals surface area contributed by atoms with Gasteiger partial charge in [-0.3, -0.25) is 4.79 Å². The van der Waals surface area contributed by atoms with Crippen LogP contribution in [-0.4, -0.2) is 55.3 Å². The first-order valence-corrected chi connectivity index (χ1v) is 6.30. The van der Waals surface area contributed by atoms with E-state index in [-0.39, 0.29) is 25.0 Å². The molecule has 0 radical (unpaired) electrons. The average molecular weight is 253 g/mol. The number of amides is 1. The van der Waals surface area contributed by atoms with Crippen LogP contribution in [0, 0.1) is 0 Å². The van der Waals surface area contributed by atoms with Crippen molar-refractivity contribution in [3.8, 4) is 0 Å². The topological polar surface area (TPSA) is 84.1 Å². The van der Waals surface area contributed by atoms with Crippen LogP contribution in [0.3, 0.4) is 0 Å². The van der Waals surface area contributed by atoms with Crippen LogP contribution in [0.1, 0.15) is 38.4 Å². The summed E-state index contributed by atoms with van der Waals surface area (Å²) in [7, 11) is 0. The highest BCUT2D eigenvalue weighted by molar-refractivity contribution is 5.76. The van der Waals surface area contributed by atoms with Crippen molar-refractivity contribution in [3.63, 3.8) is 0 Å². The van der Waals surface area contributed by atoms with Crippen LogP contribution in [0.25, 0.3) is 0 Å². The van der Waals surface area contributed by atoms with Crippen LogP contribution in [0.2, 0.25) is 0 Å². The van der Waals surface area contributed by atoms with Gasteiger partial charge in [-0.1, -0.05) is 13.8 Å². The molecule has 1 amide bonds. The molecule has 0 atom stereocenters. The Balaban J connectivity index is 2.03. The van der Waals surface area contributed by atoms with Crippen LogP contribution >= 0.6 is 0 Å². The lowest BCUT2D eigenvalue weighted by Gasteiger charge is -2.21. The Hall–Kier alpha value is -1.50. The van der Waals surface area contributed by atoms with Gasteiger partial charge in [0.15, 0.2) is 5.82 Å². The molecule has 1 saturated carbocycles. The van der Waals surface area contributed by atoms with Gasteiger partial charge in [0.2, 0.25) is 5.91 Å². The van der Waals surface area contributed by atoms with Crippen LogP contribution < -0.4 is 0 Å². The minimum atomic E-state index is -0.0271.